The molecule has 5 unspecified atom stereocenters. The van der Waals surface area contributed by atoms with Gasteiger partial charge in [-0.05, 0) is 43.4 Å². The number of carboxylic acid groups (broad SMARTS) is 1. The molecule has 5 atom stereocenters. The van der Waals surface area contributed by atoms with Crippen molar-refractivity contribution in [1.29, 1.82) is 0 Å². The first-order valence-electron chi connectivity index (χ1n) is 7.24. The molecule has 2 bridgehead atoms. The van der Waals surface area contributed by atoms with E-state index >= 15 is 0 Å². The van der Waals surface area contributed by atoms with Gasteiger partial charge < -0.3 is 16.2 Å². The van der Waals surface area contributed by atoms with Crippen LogP contribution in [0, 0.1) is 23.7 Å². The summed E-state index contributed by atoms with van der Waals surface area (Å²) in [5.41, 5.74) is 6.13. The molecule has 5 nitrogen and oxygen atoms in total. The highest BCUT2D eigenvalue weighted by Crippen LogP contribution is 2.47. The van der Waals surface area contributed by atoms with Gasteiger partial charge in [0.2, 0.25) is 5.91 Å². The zero-order chi connectivity index (χ0) is 14.0. The van der Waals surface area contributed by atoms with Gasteiger partial charge in [0.1, 0.15) is 0 Å². The average molecular weight is 268 g/mol. The number of amides is 1. The van der Waals surface area contributed by atoms with E-state index < -0.39 is 5.97 Å². The Kier molecular flexibility index (Phi) is 4.45. The first-order chi connectivity index (χ1) is 8.99. The summed E-state index contributed by atoms with van der Waals surface area (Å²) in [4.78, 5) is 22.7. The lowest BCUT2D eigenvalue weighted by Gasteiger charge is -2.27. The maximum atomic E-state index is 12.2. The number of carbonyl (C=O) groups excluding carboxylic acids is 1. The lowest BCUT2D eigenvalue weighted by atomic mass is 9.84. The van der Waals surface area contributed by atoms with Crippen molar-refractivity contribution in [2.24, 2.45) is 29.4 Å². The van der Waals surface area contributed by atoms with Gasteiger partial charge in [-0.15, -0.1) is 0 Å². The highest BCUT2D eigenvalue weighted by atomic mass is 16.4. The largest absolute Gasteiger partial charge is 0.481 e. The highest BCUT2D eigenvalue weighted by Gasteiger charge is 2.48. The first kappa shape index (κ1) is 14.3. The summed E-state index contributed by atoms with van der Waals surface area (Å²) >= 11 is 0. The van der Waals surface area contributed by atoms with Gasteiger partial charge in [-0.2, -0.15) is 0 Å². The van der Waals surface area contributed by atoms with Crippen molar-refractivity contribution >= 4 is 11.9 Å². The van der Waals surface area contributed by atoms with Crippen molar-refractivity contribution in [3.05, 3.63) is 0 Å². The molecule has 0 aliphatic heterocycles. The smallest absolute Gasteiger partial charge is 0.303 e. The highest BCUT2D eigenvalue weighted by molar-refractivity contribution is 5.80. The van der Waals surface area contributed by atoms with Crippen LogP contribution in [0.25, 0.3) is 0 Å². The average Bonchev–Trinajstić information content (AvgIpc) is 2.94. The monoisotopic (exact) mass is 268 g/mol. The van der Waals surface area contributed by atoms with E-state index in [9.17, 15) is 9.59 Å². The van der Waals surface area contributed by atoms with Crippen LogP contribution in [0.1, 0.15) is 39.0 Å². The molecule has 1 amide bonds. The fourth-order valence-electron chi connectivity index (χ4n) is 3.59. The molecule has 0 aromatic carbocycles. The minimum absolute atomic E-state index is 0.0214. The van der Waals surface area contributed by atoms with E-state index in [-0.39, 0.29) is 30.2 Å². The molecule has 2 aliphatic rings. The molecule has 2 saturated carbocycles. The Morgan fingerprint density at radius 3 is 2.63 bits per heavy atom. The van der Waals surface area contributed by atoms with Crippen LogP contribution in [0.3, 0.4) is 0 Å². The van der Waals surface area contributed by atoms with Crippen LogP contribution in [0.2, 0.25) is 0 Å². The molecule has 2 aliphatic carbocycles. The Morgan fingerprint density at radius 1 is 1.37 bits per heavy atom. The molecule has 0 radical (unpaired) electrons. The van der Waals surface area contributed by atoms with E-state index in [1.54, 1.807) is 0 Å². The fraction of sp³-hybridized carbons (Fsp3) is 0.857. The number of carbonyl (C=O) groups is 2. The molecule has 0 spiro atoms. The second kappa shape index (κ2) is 5.90. The van der Waals surface area contributed by atoms with Crippen molar-refractivity contribution in [3.8, 4) is 0 Å². The minimum Gasteiger partial charge on any atom is -0.481 e. The second-order valence-corrected chi connectivity index (χ2v) is 6.22. The summed E-state index contributed by atoms with van der Waals surface area (Å²) < 4.78 is 0. The predicted octanol–water partition coefficient (Wildman–Crippen LogP) is 0.977. The molecule has 108 valence electrons. The number of carboxylic acids is 1. The lowest BCUT2D eigenvalue weighted by Crippen LogP contribution is -2.46. The number of nitrogens with two attached hydrogens (primary N) is 1. The number of aliphatic carboxylic acids is 1. The third-order valence-corrected chi connectivity index (χ3v) is 4.76. The van der Waals surface area contributed by atoms with Gasteiger partial charge in [0.15, 0.2) is 0 Å². The van der Waals surface area contributed by atoms with Crippen molar-refractivity contribution in [2.45, 2.75) is 45.1 Å². The predicted molar refractivity (Wildman–Crippen MR) is 71.3 cm³/mol. The first-order valence-corrected chi connectivity index (χ1v) is 7.24. The van der Waals surface area contributed by atoms with E-state index in [4.69, 9.17) is 10.8 Å². The zero-order valence-corrected chi connectivity index (χ0v) is 11.5. The molecule has 0 heterocycles. The van der Waals surface area contributed by atoms with Crippen LogP contribution in [0.4, 0.5) is 0 Å². The van der Waals surface area contributed by atoms with Crippen LogP contribution >= 0.6 is 0 Å². The number of hydrogen-bond acceptors (Lipinski definition) is 3. The lowest BCUT2D eigenvalue weighted by molar-refractivity contribution is -0.137. The Labute approximate surface area is 113 Å². The van der Waals surface area contributed by atoms with E-state index in [1.165, 1.54) is 6.42 Å². The third-order valence-electron chi connectivity index (χ3n) is 4.76. The maximum Gasteiger partial charge on any atom is 0.303 e. The van der Waals surface area contributed by atoms with Crippen LogP contribution in [0.5, 0.6) is 0 Å². The maximum absolute atomic E-state index is 12.2. The van der Waals surface area contributed by atoms with E-state index in [2.05, 4.69) is 5.32 Å². The molecule has 2 fully saturated rings. The van der Waals surface area contributed by atoms with Crippen molar-refractivity contribution in [2.75, 3.05) is 6.54 Å². The number of hydrogen-bond donors (Lipinski definition) is 3. The Hall–Kier alpha value is -1.10. The Balaban J connectivity index is 1.74. The number of rotatable bonds is 6. The molecule has 2 rings (SSSR count). The molecule has 19 heavy (non-hydrogen) atoms. The van der Waals surface area contributed by atoms with Crippen LogP contribution in [-0.2, 0) is 9.59 Å². The number of nitrogens with one attached hydrogen (secondary N) is 1. The van der Waals surface area contributed by atoms with Gasteiger partial charge in [0, 0.05) is 19.0 Å². The van der Waals surface area contributed by atoms with Gasteiger partial charge in [-0.1, -0.05) is 6.92 Å². The van der Waals surface area contributed by atoms with Gasteiger partial charge in [0.05, 0.1) is 5.92 Å². The van der Waals surface area contributed by atoms with E-state index in [0.29, 0.717) is 24.8 Å². The second-order valence-electron chi connectivity index (χ2n) is 6.22. The van der Waals surface area contributed by atoms with E-state index in [0.717, 1.165) is 12.8 Å². The summed E-state index contributed by atoms with van der Waals surface area (Å²) in [6, 6.07) is 0.0214. The summed E-state index contributed by atoms with van der Waals surface area (Å²) in [6.07, 6.45) is 4.16. The van der Waals surface area contributed by atoms with Gasteiger partial charge in [0.25, 0.3) is 0 Å². The molecule has 5 heteroatoms. The summed E-state index contributed by atoms with van der Waals surface area (Å²) in [5.74, 6) is 0.454. The molecule has 4 N–H and O–H groups in total. The van der Waals surface area contributed by atoms with Crippen molar-refractivity contribution in [1.82, 2.24) is 5.32 Å². The topological polar surface area (TPSA) is 92.4 Å². The summed E-state index contributed by atoms with van der Waals surface area (Å²) in [5, 5.41) is 11.6. The molecular formula is C14H24N2O3. The fourth-order valence-corrected chi connectivity index (χ4v) is 3.59. The summed E-state index contributed by atoms with van der Waals surface area (Å²) in [6.45, 7) is 2.51. The van der Waals surface area contributed by atoms with Gasteiger partial charge >= 0.3 is 5.97 Å². The SMILES string of the molecule is CC(CCC(=O)O)CNC(=O)C1C2CCC(C2)C1N. The summed E-state index contributed by atoms with van der Waals surface area (Å²) in [7, 11) is 0. The van der Waals surface area contributed by atoms with Crippen molar-refractivity contribution in [3.63, 3.8) is 0 Å². The molecular weight excluding hydrogens is 244 g/mol. The van der Waals surface area contributed by atoms with Gasteiger partial charge in [-0.25, -0.2) is 0 Å². The normalized spacial score (nSPS) is 34.2. The zero-order valence-electron chi connectivity index (χ0n) is 11.5. The standard InChI is InChI=1S/C14H24N2O3/c1-8(2-5-11(17)18)7-16-14(19)12-9-3-4-10(6-9)13(12)15/h8-10,12-13H,2-7,15H2,1H3,(H,16,19)(H,17,18). The molecule has 0 aromatic rings. The third kappa shape index (κ3) is 3.26. The number of fused-ring (bicyclic) bond motifs is 2. The van der Waals surface area contributed by atoms with E-state index in [1.807, 2.05) is 6.92 Å². The van der Waals surface area contributed by atoms with Crippen LogP contribution in [-0.4, -0.2) is 29.6 Å². The molecule has 0 saturated heterocycles. The van der Waals surface area contributed by atoms with Crippen LogP contribution < -0.4 is 11.1 Å². The van der Waals surface area contributed by atoms with Crippen molar-refractivity contribution < 1.29 is 14.7 Å². The van der Waals surface area contributed by atoms with Crippen LogP contribution in [0.15, 0.2) is 0 Å². The minimum atomic E-state index is -0.784. The van der Waals surface area contributed by atoms with Gasteiger partial charge in [-0.3, -0.25) is 9.59 Å². The molecule has 0 aromatic heterocycles. The quantitative estimate of drug-likeness (QED) is 0.669. The Morgan fingerprint density at radius 2 is 2.05 bits per heavy atom. The Bertz CT molecular complexity index is 357.